The summed E-state index contributed by atoms with van der Waals surface area (Å²) in [5.74, 6) is -0.707. The fraction of sp³-hybridized carbons (Fsp3) is 0.448. The minimum Gasteiger partial charge on any atom is -0.408 e. The number of hydroxylamine groups is 2. The van der Waals surface area contributed by atoms with Crippen LogP contribution >= 0.6 is 0 Å². The number of H-pyrrole nitrogens is 1. The topological polar surface area (TPSA) is 140 Å². The van der Waals surface area contributed by atoms with Gasteiger partial charge in [-0.1, -0.05) is 24.3 Å². The fourth-order valence-electron chi connectivity index (χ4n) is 5.94. The van der Waals surface area contributed by atoms with Gasteiger partial charge in [0.1, 0.15) is 6.04 Å². The molecule has 2 fully saturated rings. The summed E-state index contributed by atoms with van der Waals surface area (Å²) in [5.41, 5.74) is 3.63. The highest BCUT2D eigenvalue weighted by molar-refractivity contribution is 5.92. The van der Waals surface area contributed by atoms with Crippen LogP contribution in [0.3, 0.4) is 0 Å². The van der Waals surface area contributed by atoms with Gasteiger partial charge >= 0.3 is 17.9 Å². The normalized spacial score (nSPS) is 19.0. The van der Waals surface area contributed by atoms with Gasteiger partial charge in [0.2, 0.25) is 5.91 Å². The van der Waals surface area contributed by atoms with E-state index in [4.69, 9.17) is 9.25 Å². The molecule has 41 heavy (non-hydrogen) atoms. The third-order valence-electron chi connectivity index (χ3n) is 8.12. The van der Waals surface area contributed by atoms with E-state index in [1.54, 1.807) is 28.2 Å². The second-order valence-corrected chi connectivity index (χ2v) is 10.9. The maximum atomic E-state index is 13.5. The molecule has 4 heterocycles. The monoisotopic (exact) mass is 562 g/mol. The van der Waals surface area contributed by atoms with Gasteiger partial charge in [0, 0.05) is 50.9 Å². The van der Waals surface area contributed by atoms with Crippen LogP contribution in [0.1, 0.15) is 43.2 Å². The summed E-state index contributed by atoms with van der Waals surface area (Å²) in [7, 11) is 0. The predicted octanol–water partition coefficient (Wildman–Crippen LogP) is 3.20. The smallest absolute Gasteiger partial charge is 0.408 e. The SMILES string of the molecule is O=C(NC(Cc1ccc2[nH]c(=O)oc2c1)C(=O)N1CCCCC1)ON1CCC(N2Cc3ccccc3NC2=O)CC1. The summed E-state index contributed by atoms with van der Waals surface area (Å²) in [4.78, 5) is 62.6. The van der Waals surface area contributed by atoms with Crippen LogP contribution in [0.5, 0.6) is 0 Å². The Morgan fingerprint density at radius 3 is 2.61 bits per heavy atom. The molecule has 3 N–H and O–H groups in total. The van der Waals surface area contributed by atoms with Crippen molar-refractivity contribution in [2.24, 2.45) is 0 Å². The number of carbonyl (C=O) groups is 3. The van der Waals surface area contributed by atoms with Gasteiger partial charge in [0.25, 0.3) is 0 Å². The van der Waals surface area contributed by atoms with Gasteiger partial charge < -0.3 is 29.7 Å². The van der Waals surface area contributed by atoms with E-state index < -0.39 is 17.9 Å². The zero-order chi connectivity index (χ0) is 28.3. The van der Waals surface area contributed by atoms with E-state index in [2.05, 4.69) is 15.6 Å². The van der Waals surface area contributed by atoms with E-state index in [1.165, 1.54) is 0 Å². The van der Waals surface area contributed by atoms with Crippen molar-refractivity contribution in [3.8, 4) is 0 Å². The molecule has 2 saturated heterocycles. The molecule has 0 bridgehead atoms. The summed E-state index contributed by atoms with van der Waals surface area (Å²) >= 11 is 0. The minimum absolute atomic E-state index is 0.0306. The van der Waals surface area contributed by atoms with Crippen LogP contribution in [0.25, 0.3) is 11.1 Å². The Hall–Kier alpha value is -4.32. The first-order valence-corrected chi connectivity index (χ1v) is 14.2. The van der Waals surface area contributed by atoms with Crippen molar-refractivity contribution in [1.82, 2.24) is 25.2 Å². The summed E-state index contributed by atoms with van der Waals surface area (Å²) in [6.07, 6.45) is 3.77. The maximum Gasteiger partial charge on any atom is 0.426 e. The lowest BCUT2D eigenvalue weighted by Gasteiger charge is -2.39. The molecule has 2 aromatic carbocycles. The van der Waals surface area contributed by atoms with Crippen LogP contribution in [0.4, 0.5) is 15.3 Å². The van der Waals surface area contributed by atoms with Crippen molar-refractivity contribution in [2.45, 2.75) is 57.2 Å². The Morgan fingerprint density at radius 1 is 1.02 bits per heavy atom. The lowest BCUT2D eigenvalue weighted by atomic mass is 10.0. The lowest BCUT2D eigenvalue weighted by Crippen LogP contribution is -2.53. The van der Waals surface area contributed by atoms with Crippen LogP contribution in [-0.2, 0) is 22.6 Å². The first-order chi connectivity index (χ1) is 19.9. The molecule has 4 amide bonds. The van der Waals surface area contributed by atoms with Crippen molar-refractivity contribution >= 4 is 34.8 Å². The molecule has 6 rings (SSSR count). The van der Waals surface area contributed by atoms with Gasteiger partial charge in [-0.05, 0) is 61.4 Å². The lowest BCUT2D eigenvalue weighted by molar-refractivity contribution is -0.136. The summed E-state index contributed by atoms with van der Waals surface area (Å²) in [6.45, 7) is 2.79. The minimum atomic E-state index is -0.835. The number of likely N-dealkylation sites (tertiary alicyclic amines) is 1. The quantitative estimate of drug-likeness (QED) is 0.419. The highest BCUT2D eigenvalue weighted by atomic mass is 16.7. The number of urea groups is 1. The summed E-state index contributed by atoms with van der Waals surface area (Å²) in [6, 6.07) is 12.1. The number of carbonyl (C=O) groups excluding carboxylic acids is 3. The standard InChI is InChI=1S/C29H34N6O6/c36-26(33-12-4-1-5-13-33)24(16-19-8-9-23-25(17-19)40-28(38)31-23)32-29(39)41-34-14-10-21(11-15-34)35-18-20-6-2-3-7-22(20)30-27(35)37/h2-3,6-9,17,21,24H,1,4-5,10-16,18H2,(H,30,37)(H,31,38)(H,32,39). The highest BCUT2D eigenvalue weighted by Crippen LogP contribution is 2.27. The van der Waals surface area contributed by atoms with Crippen LogP contribution in [0.15, 0.2) is 51.7 Å². The molecule has 0 aliphatic carbocycles. The Bertz CT molecular complexity index is 1490. The molecule has 3 aliphatic rings. The van der Waals surface area contributed by atoms with E-state index in [-0.39, 0.29) is 24.4 Å². The Kier molecular flexibility index (Phi) is 7.64. The largest absolute Gasteiger partial charge is 0.426 e. The van der Waals surface area contributed by atoms with Gasteiger partial charge in [0.15, 0.2) is 5.58 Å². The van der Waals surface area contributed by atoms with Crippen molar-refractivity contribution in [1.29, 1.82) is 0 Å². The van der Waals surface area contributed by atoms with Crippen molar-refractivity contribution in [3.05, 3.63) is 64.1 Å². The number of aromatic nitrogens is 1. The molecule has 1 unspecified atom stereocenters. The summed E-state index contributed by atoms with van der Waals surface area (Å²) in [5, 5.41) is 7.33. The Balaban J connectivity index is 1.07. The molecule has 12 nitrogen and oxygen atoms in total. The Labute approximate surface area is 236 Å². The molecular weight excluding hydrogens is 528 g/mol. The van der Waals surface area contributed by atoms with E-state index in [0.717, 1.165) is 36.1 Å². The molecule has 3 aromatic rings. The number of nitrogens with one attached hydrogen (secondary N) is 3. The molecule has 0 radical (unpaired) electrons. The van der Waals surface area contributed by atoms with Gasteiger partial charge in [-0.25, -0.2) is 14.4 Å². The number of amides is 4. The van der Waals surface area contributed by atoms with Crippen LogP contribution in [0.2, 0.25) is 0 Å². The molecule has 1 atom stereocenters. The average molecular weight is 563 g/mol. The fourth-order valence-corrected chi connectivity index (χ4v) is 5.94. The average Bonchev–Trinajstić information content (AvgIpc) is 3.36. The molecule has 216 valence electrons. The molecule has 0 spiro atoms. The number of piperidine rings is 2. The highest BCUT2D eigenvalue weighted by Gasteiger charge is 2.33. The first kappa shape index (κ1) is 26.9. The van der Waals surface area contributed by atoms with E-state index >= 15 is 0 Å². The summed E-state index contributed by atoms with van der Waals surface area (Å²) < 4.78 is 5.17. The number of hydrogen-bond acceptors (Lipinski definition) is 7. The molecular formula is C29H34N6O6. The van der Waals surface area contributed by atoms with Crippen LogP contribution in [-0.4, -0.2) is 76.1 Å². The van der Waals surface area contributed by atoms with Crippen molar-refractivity contribution in [2.75, 3.05) is 31.5 Å². The van der Waals surface area contributed by atoms with E-state index in [1.807, 2.05) is 29.2 Å². The van der Waals surface area contributed by atoms with Crippen molar-refractivity contribution in [3.63, 3.8) is 0 Å². The second kappa shape index (κ2) is 11.7. The Morgan fingerprint density at radius 2 is 1.80 bits per heavy atom. The third kappa shape index (κ3) is 6.07. The van der Waals surface area contributed by atoms with Gasteiger partial charge in [-0.15, -0.1) is 5.06 Å². The number of aromatic amines is 1. The van der Waals surface area contributed by atoms with Gasteiger partial charge in [-0.2, -0.15) is 0 Å². The number of anilines is 1. The third-order valence-corrected chi connectivity index (χ3v) is 8.12. The first-order valence-electron chi connectivity index (χ1n) is 14.2. The van der Waals surface area contributed by atoms with Gasteiger partial charge in [0.05, 0.1) is 5.52 Å². The maximum absolute atomic E-state index is 13.5. The molecule has 3 aliphatic heterocycles. The van der Waals surface area contributed by atoms with Crippen LogP contribution < -0.4 is 16.4 Å². The molecule has 0 saturated carbocycles. The zero-order valence-electron chi connectivity index (χ0n) is 22.8. The number of fused-ring (bicyclic) bond motifs is 2. The second-order valence-electron chi connectivity index (χ2n) is 10.9. The molecule has 12 heteroatoms. The number of oxazole rings is 1. The predicted molar refractivity (Wildman–Crippen MR) is 150 cm³/mol. The number of hydrogen-bond donors (Lipinski definition) is 3. The number of para-hydroxylation sites is 1. The van der Waals surface area contributed by atoms with E-state index in [9.17, 15) is 19.2 Å². The van der Waals surface area contributed by atoms with Crippen LogP contribution in [0, 0.1) is 0 Å². The zero-order valence-corrected chi connectivity index (χ0v) is 22.8. The molecule has 1 aromatic heterocycles. The van der Waals surface area contributed by atoms with Gasteiger partial charge in [-0.3, -0.25) is 9.78 Å². The number of nitrogens with zero attached hydrogens (tertiary/aromatic N) is 3. The number of benzene rings is 2. The number of rotatable bonds is 6. The van der Waals surface area contributed by atoms with E-state index in [0.29, 0.717) is 56.7 Å². The van der Waals surface area contributed by atoms with Crippen molar-refractivity contribution < 1.29 is 23.6 Å².